The zero-order valence-electron chi connectivity index (χ0n) is 20.1. The number of fused-ring (bicyclic) bond motifs is 1. The Balaban J connectivity index is 1.87. The van der Waals surface area contributed by atoms with Crippen molar-refractivity contribution in [2.45, 2.75) is 0 Å². The van der Waals surface area contributed by atoms with Crippen LogP contribution in [0.5, 0.6) is 17.2 Å². The first-order valence-corrected chi connectivity index (χ1v) is 14.2. The van der Waals surface area contributed by atoms with Gasteiger partial charge < -0.3 is 18.6 Å². The molecule has 3 aromatic rings. The van der Waals surface area contributed by atoms with Crippen molar-refractivity contribution in [2.24, 2.45) is 0 Å². The normalized spacial score (nSPS) is 11.9. The molecule has 0 bridgehead atoms. The number of benzene rings is 2. The van der Waals surface area contributed by atoms with E-state index in [1.165, 1.54) is 37.4 Å². The SMILES string of the molecule is COc1ccc2cc(C(=O)c3ccc(OCCOS(C)(=O)=O)c(OCCOS(C)(=O)=O)c3)c(=O)oc2c1. The van der Waals surface area contributed by atoms with Crippen LogP contribution in [0.4, 0.5) is 0 Å². The summed E-state index contributed by atoms with van der Waals surface area (Å²) in [6, 6.07) is 10.3. The van der Waals surface area contributed by atoms with Gasteiger partial charge in [0.25, 0.3) is 20.2 Å². The predicted octanol–water partition coefficient (Wildman–Crippen LogP) is 1.74. The summed E-state index contributed by atoms with van der Waals surface area (Å²) in [5, 5.41) is 0.504. The molecular weight excluding hydrogens is 532 g/mol. The molecule has 0 amide bonds. The van der Waals surface area contributed by atoms with Crippen molar-refractivity contribution >= 4 is 37.0 Å². The van der Waals surface area contributed by atoms with Crippen molar-refractivity contribution < 1.29 is 48.6 Å². The van der Waals surface area contributed by atoms with E-state index in [4.69, 9.17) is 18.6 Å². The summed E-state index contributed by atoms with van der Waals surface area (Å²) in [5.41, 5.74) is -0.776. The zero-order valence-corrected chi connectivity index (χ0v) is 21.7. The van der Waals surface area contributed by atoms with Gasteiger partial charge in [-0.15, -0.1) is 0 Å². The third-order valence-electron chi connectivity index (χ3n) is 4.67. The Morgan fingerprint density at radius 2 is 1.43 bits per heavy atom. The van der Waals surface area contributed by atoms with Crippen LogP contribution < -0.4 is 19.8 Å². The first kappa shape index (κ1) is 28.1. The second kappa shape index (κ2) is 11.7. The molecule has 0 saturated carbocycles. The molecule has 0 aliphatic carbocycles. The van der Waals surface area contributed by atoms with E-state index < -0.39 is 31.6 Å². The first-order valence-electron chi connectivity index (χ1n) is 10.6. The highest BCUT2D eigenvalue weighted by molar-refractivity contribution is 7.86. The average Bonchev–Trinajstić information content (AvgIpc) is 2.82. The molecule has 1 heterocycles. The molecule has 3 rings (SSSR count). The van der Waals surface area contributed by atoms with Crippen LogP contribution in [0.1, 0.15) is 15.9 Å². The summed E-state index contributed by atoms with van der Waals surface area (Å²) in [6.45, 7) is -0.987. The van der Waals surface area contributed by atoms with E-state index in [1.54, 1.807) is 12.1 Å². The molecule has 0 aliphatic heterocycles. The fourth-order valence-electron chi connectivity index (χ4n) is 3.09. The largest absolute Gasteiger partial charge is 0.497 e. The number of ketones is 1. The van der Waals surface area contributed by atoms with Gasteiger partial charge in [-0.1, -0.05) is 0 Å². The number of hydrogen-bond acceptors (Lipinski definition) is 12. The molecule has 200 valence electrons. The maximum atomic E-state index is 13.2. The molecule has 12 nitrogen and oxygen atoms in total. The smallest absolute Gasteiger partial charge is 0.347 e. The van der Waals surface area contributed by atoms with Gasteiger partial charge >= 0.3 is 5.63 Å². The molecule has 0 atom stereocenters. The molecule has 0 fully saturated rings. The van der Waals surface area contributed by atoms with E-state index >= 15 is 0 Å². The van der Waals surface area contributed by atoms with Crippen LogP contribution in [0.3, 0.4) is 0 Å². The highest BCUT2D eigenvalue weighted by atomic mass is 32.2. The van der Waals surface area contributed by atoms with E-state index in [-0.39, 0.29) is 54.6 Å². The van der Waals surface area contributed by atoms with Crippen molar-refractivity contribution in [2.75, 3.05) is 46.0 Å². The van der Waals surface area contributed by atoms with E-state index in [0.717, 1.165) is 12.5 Å². The number of rotatable bonds is 13. The van der Waals surface area contributed by atoms with Gasteiger partial charge in [0.2, 0.25) is 5.78 Å². The summed E-state index contributed by atoms with van der Waals surface area (Å²) in [5.74, 6) is -0.0348. The molecule has 0 saturated heterocycles. The molecule has 1 aromatic heterocycles. The minimum atomic E-state index is -3.70. The number of carbonyl (C=O) groups is 1. The Kier molecular flexibility index (Phi) is 8.91. The lowest BCUT2D eigenvalue weighted by Gasteiger charge is -2.14. The number of carbonyl (C=O) groups excluding carboxylic acids is 1. The Bertz CT molecular complexity index is 1560. The second-order valence-corrected chi connectivity index (χ2v) is 10.9. The second-order valence-electron chi connectivity index (χ2n) is 7.59. The van der Waals surface area contributed by atoms with Crippen molar-refractivity contribution in [3.05, 3.63) is 64.0 Å². The summed E-state index contributed by atoms with van der Waals surface area (Å²) in [4.78, 5) is 25.7. The van der Waals surface area contributed by atoms with Gasteiger partial charge in [0.15, 0.2) is 11.5 Å². The zero-order chi connectivity index (χ0) is 27.2. The van der Waals surface area contributed by atoms with Crippen LogP contribution in [0.2, 0.25) is 0 Å². The Morgan fingerprint density at radius 3 is 2.03 bits per heavy atom. The van der Waals surface area contributed by atoms with Crippen LogP contribution in [0.25, 0.3) is 11.0 Å². The summed E-state index contributed by atoms with van der Waals surface area (Å²) in [6.07, 6.45) is 1.78. The maximum Gasteiger partial charge on any atom is 0.347 e. The van der Waals surface area contributed by atoms with Crippen molar-refractivity contribution in [3.63, 3.8) is 0 Å². The minimum absolute atomic E-state index is 0.0252. The number of methoxy groups -OCH3 is 1. The topological polar surface area (TPSA) is 162 Å². The third kappa shape index (κ3) is 8.28. The van der Waals surface area contributed by atoms with Gasteiger partial charge in [0.1, 0.15) is 43.3 Å². The molecule has 0 spiro atoms. The Morgan fingerprint density at radius 1 is 0.811 bits per heavy atom. The van der Waals surface area contributed by atoms with Gasteiger partial charge in [-0.2, -0.15) is 16.8 Å². The van der Waals surface area contributed by atoms with Crippen LogP contribution in [-0.4, -0.2) is 68.7 Å². The molecule has 14 heteroatoms. The van der Waals surface area contributed by atoms with E-state index in [0.29, 0.717) is 11.1 Å². The predicted molar refractivity (Wildman–Crippen MR) is 131 cm³/mol. The molecule has 0 radical (unpaired) electrons. The van der Waals surface area contributed by atoms with Gasteiger partial charge in [-0.3, -0.25) is 13.2 Å². The molecule has 37 heavy (non-hydrogen) atoms. The fourth-order valence-corrected chi connectivity index (χ4v) is 3.83. The number of ether oxygens (including phenoxy) is 3. The molecular formula is C23H24O12S2. The van der Waals surface area contributed by atoms with E-state index in [2.05, 4.69) is 8.37 Å². The van der Waals surface area contributed by atoms with Crippen LogP contribution in [-0.2, 0) is 28.6 Å². The Labute approximate surface area is 212 Å². The monoisotopic (exact) mass is 556 g/mol. The molecule has 0 N–H and O–H groups in total. The quantitative estimate of drug-likeness (QED) is 0.130. The van der Waals surface area contributed by atoms with Crippen LogP contribution in [0, 0.1) is 0 Å². The molecule has 0 unspecified atom stereocenters. The maximum absolute atomic E-state index is 13.2. The van der Waals surface area contributed by atoms with E-state index in [9.17, 15) is 26.4 Å². The lowest BCUT2D eigenvalue weighted by molar-refractivity contribution is 0.103. The van der Waals surface area contributed by atoms with Gasteiger partial charge in [-0.05, 0) is 36.4 Å². The van der Waals surface area contributed by atoms with Crippen molar-refractivity contribution in [1.29, 1.82) is 0 Å². The fraction of sp³-hybridized carbons (Fsp3) is 0.304. The van der Waals surface area contributed by atoms with Crippen molar-refractivity contribution in [1.82, 2.24) is 0 Å². The molecule has 2 aromatic carbocycles. The Hall–Kier alpha value is -3.46. The van der Waals surface area contributed by atoms with Crippen LogP contribution >= 0.6 is 0 Å². The summed E-state index contributed by atoms with van der Waals surface area (Å²) < 4.78 is 75.3. The third-order valence-corrected chi connectivity index (χ3v) is 5.86. The summed E-state index contributed by atoms with van der Waals surface area (Å²) >= 11 is 0. The van der Waals surface area contributed by atoms with Gasteiger partial charge in [0.05, 0.1) is 19.6 Å². The van der Waals surface area contributed by atoms with Crippen molar-refractivity contribution in [3.8, 4) is 17.2 Å². The summed E-state index contributed by atoms with van der Waals surface area (Å²) in [7, 11) is -5.90. The highest BCUT2D eigenvalue weighted by Crippen LogP contribution is 2.30. The van der Waals surface area contributed by atoms with Crippen LogP contribution in [0.15, 0.2) is 51.7 Å². The highest BCUT2D eigenvalue weighted by Gasteiger charge is 2.19. The van der Waals surface area contributed by atoms with Gasteiger partial charge in [-0.25, -0.2) is 4.79 Å². The lowest BCUT2D eigenvalue weighted by atomic mass is 10.0. The standard InChI is InChI=1S/C23H24O12S2/c1-30-17-6-4-15-12-18(23(25)35-20(15)14-17)22(24)16-5-7-19(31-8-10-33-36(2,26)27)21(13-16)32-9-11-34-37(3,28)29/h4-7,12-14H,8-11H2,1-3H3. The van der Waals surface area contributed by atoms with Gasteiger partial charge in [0, 0.05) is 17.0 Å². The lowest BCUT2D eigenvalue weighted by Crippen LogP contribution is -2.16. The minimum Gasteiger partial charge on any atom is -0.497 e. The number of hydrogen-bond donors (Lipinski definition) is 0. The van der Waals surface area contributed by atoms with E-state index in [1.807, 2.05) is 0 Å². The first-order chi connectivity index (χ1) is 17.4. The average molecular weight is 557 g/mol. The molecule has 0 aliphatic rings.